The zero-order chi connectivity index (χ0) is 13.7. The lowest BCUT2D eigenvalue weighted by Gasteiger charge is -2.09. The fourth-order valence-corrected chi connectivity index (χ4v) is 2.86. The quantitative estimate of drug-likeness (QED) is 0.765. The number of carbonyl (C=O) groups is 1. The van der Waals surface area contributed by atoms with Crippen molar-refractivity contribution in [2.45, 2.75) is 12.5 Å². The first kappa shape index (κ1) is 16.9. The van der Waals surface area contributed by atoms with Crippen molar-refractivity contribution in [1.82, 2.24) is 10.6 Å². The minimum absolute atomic E-state index is 0. The Morgan fingerprint density at radius 3 is 2.85 bits per heavy atom. The van der Waals surface area contributed by atoms with Crippen LogP contribution in [0, 0.1) is 0 Å². The predicted molar refractivity (Wildman–Crippen MR) is 85.6 cm³/mol. The lowest BCUT2D eigenvalue weighted by molar-refractivity contribution is -0.121. The van der Waals surface area contributed by atoms with Gasteiger partial charge in [-0.3, -0.25) is 4.79 Å². The molecule has 1 amide bonds. The van der Waals surface area contributed by atoms with Gasteiger partial charge in [-0.05, 0) is 24.6 Å². The van der Waals surface area contributed by atoms with Crippen molar-refractivity contribution in [3.8, 4) is 0 Å². The molecule has 0 aliphatic carbocycles. The summed E-state index contributed by atoms with van der Waals surface area (Å²) in [6.45, 7) is 0.903. The molecule has 3 N–H and O–H groups in total. The van der Waals surface area contributed by atoms with Gasteiger partial charge >= 0.3 is 0 Å². The molecule has 20 heavy (non-hydrogen) atoms. The van der Waals surface area contributed by atoms with E-state index in [0.717, 1.165) is 15.0 Å². The standard InChI is InChI=1S/C14H18N2O2S.ClH/c1-15-7-6-14(18)16-9-11(17)13-8-10-4-2-3-5-12(10)19-13;/h2-5,8,11,15,17H,6-7,9H2,1H3,(H,16,18);1H. The largest absolute Gasteiger partial charge is 0.386 e. The monoisotopic (exact) mass is 314 g/mol. The molecule has 1 atom stereocenters. The van der Waals surface area contributed by atoms with E-state index in [1.54, 1.807) is 18.4 Å². The van der Waals surface area contributed by atoms with Crippen LogP contribution in [0.5, 0.6) is 0 Å². The van der Waals surface area contributed by atoms with E-state index in [-0.39, 0.29) is 24.9 Å². The van der Waals surface area contributed by atoms with Crippen LogP contribution < -0.4 is 10.6 Å². The Morgan fingerprint density at radius 2 is 2.15 bits per heavy atom. The van der Waals surface area contributed by atoms with Crippen molar-refractivity contribution in [3.63, 3.8) is 0 Å². The summed E-state index contributed by atoms with van der Waals surface area (Å²) in [6, 6.07) is 9.99. The van der Waals surface area contributed by atoms with Gasteiger partial charge in [-0.2, -0.15) is 0 Å². The predicted octanol–water partition coefficient (Wildman–Crippen LogP) is 2.08. The number of halogens is 1. The van der Waals surface area contributed by atoms with E-state index in [2.05, 4.69) is 10.6 Å². The normalized spacial score (nSPS) is 11.9. The van der Waals surface area contributed by atoms with Crippen LogP contribution in [0.4, 0.5) is 0 Å². The number of hydrogen-bond donors (Lipinski definition) is 3. The fourth-order valence-electron chi connectivity index (χ4n) is 1.80. The van der Waals surface area contributed by atoms with Gasteiger partial charge in [-0.15, -0.1) is 23.7 Å². The molecule has 1 heterocycles. The average molecular weight is 315 g/mol. The number of carbonyl (C=O) groups excluding carboxylic acids is 1. The fraction of sp³-hybridized carbons (Fsp3) is 0.357. The molecule has 4 nitrogen and oxygen atoms in total. The second kappa shape index (κ2) is 8.21. The molecule has 1 unspecified atom stereocenters. The van der Waals surface area contributed by atoms with Crippen LogP contribution in [0.2, 0.25) is 0 Å². The molecular formula is C14H19ClN2O2S. The second-order valence-corrected chi connectivity index (χ2v) is 5.48. The zero-order valence-electron chi connectivity index (χ0n) is 11.3. The molecule has 1 aromatic carbocycles. The van der Waals surface area contributed by atoms with Gasteiger partial charge in [0.15, 0.2) is 0 Å². The SMILES string of the molecule is CNCCC(=O)NCC(O)c1cc2ccccc2s1.Cl. The van der Waals surface area contributed by atoms with Crippen LogP contribution in [0.25, 0.3) is 10.1 Å². The highest BCUT2D eigenvalue weighted by molar-refractivity contribution is 7.19. The van der Waals surface area contributed by atoms with Crippen LogP contribution in [-0.4, -0.2) is 31.2 Å². The molecule has 1 aromatic heterocycles. The Hall–Kier alpha value is -1.14. The molecule has 0 fully saturated rings. The molecule has 2 rings (SSSR count). The van der Waals surface area contributed by atoms with Crippen molar-refractivity contribution < 1.29 is 9.90 Å². The number of thiophene rings is 1. The summed E-state index contributed by atoms with van der Waals surface area (Å²) in [5.74, 6) is -0.0467. The zero-order valence-corrected chi connectivity index (χ0v) is 12.9. The van der Waals surface area contributed by atoms with E-state index in [0.29, 0.717) is 13.0 Å². The molecule has 0 bridgehead atoms. The number of aliphatic hydroxyl groups excluding tert-OH is 1. The average Bonchev–Trinajstić information content (AvgIpc) is 2.86. The maximum atomic E-state index is 11.5. The summed E-state index contributed by atoms with van der Waals surface area (Å²) in [5.41, 5.74) is 0. The third-order valence-electron chi connectivity index (χ3n) is 2.87. The van der Waals surface area contributed by atoms with Gasteiger partial charge in [-0.1, -0.05) is 18.2 Å². The summed E-state index contributed by atoms with van der Waals surface area (Å²) in [5, 5.41) is 16.9. The number of aliphatic hydroxyl groups is 1. The number of fused-ring (bicyclic) bond motifs is 1. The van der Waals surface area contributed by atoms with Gasteiger partial charge in [0, 0.05) is 29.1 Å². The molecule has 0 saturated heterocycles. The smallest absolute Gasteiger partial charge is 0.221 e. The topological polar surface area (TPSA) is 61.4 Å². The Balaban J connectivity index is 0.00000200. The summed E-state index contributed by atoms with van der Waals surface area (Å²) >= 11 is 1.56. The summed E-state index contributed by atoms with van der Waals surface area (Å²) < 4.78 is 1.15. The molecule has 0 aliphatic heterocycles. The Labute approximate surface area is 128 Å². The maximum absolute atomic E-state index is 11.5. The summed E-state index contributed by atoms with van der Waals surface area (Å²) in [6.07, 6.45) is -0.216. The van der Waals surface area contributed by atoms with Gasteiger partial charge in [-0.25, -0.2) is 0 Å². The maximum Gasteiger partial charge on any atom is 0.221 e. The van der Waals surface area contributed by atoms with Crippen LogP contribution in [-0.2, 0) is 4.79 Å². The summed E-state index contributed by atoms with van der Waals surface area (Å²) in [4.78, 5) is 12.3. The van der Waals surface area contributed by atoms with Gasteiger partial charge in [0.2, 0.25) is 5.91 Å². The molecule has 6 heteroatoms. The van der Waals surface area contributed by atoms with E-state index in [9.17, 15) is 9.90 Å². The van der Waals surface area contributed by atoms with Crippen LogP contribution in [0.1, 0.15) is 17.4 Å². The summed E-state index contributed by atoms with van der Waals surface area (Å²) in [7, 11) is 1.80. The highest BCUT2D eigenvalue weighted by atomic mass is 35.5. The number of hydrogen-bond acceptors (Lipinski definition) is 4. The van der Waals surface area contributed by atoms with E-state index in [4.69, 9.17) is 0 Å². The molecule has 0 spiro atoms. The Bertz CT molecular complexity index is 526. The number of rotatable bonds is 6. The van der Waals surface area contributed by atoms with Crippen LogP contribution in [0.15, 0.2) is 30.3 Å². The molecule has 0 aliphatic rings. The molecule has 0 radical (unpaired) electrons. The van der Waals surface area contributed by atoms with Crippen molar-refractivity contribution in [2.24, 2.45) is 0 Å². The van der Waals surface area contributed by atoms with Gasteiger partial charge < -0.3 is 15.7 Å². The van der Waals surface area contributed by atoms with Crippen molar-refractivity contribution in [2.75, 3.05) is 20.1 Å². The Kier molecular flexibility index (Phi) is 6.95. The van der Waals surface area contributed by atoms with Crippen molar-refractivity contribution >= 4 is 39.7 Å². The molecule has 2 aromatic rings. The van der Waals surface area contributed by atoms with E-state index < -0.39 is 6.10 Å². The minimum atomic E-state index is -0.643. The lowest BCUT2D eigenvalue weighted by Crippen LogP contribution is -2.30. The first-order chi connectivity index (χ1) is 9.20. The van der Waals surface area contributed by atoms with Crippen LogP contribution >= 0.6 is 23.7 Å². The number of benzene rings is 1. The molecule has 0 saturated carbocycles. The van der Waals surface area contributed by atoms with Crippen LogP contribution in [0.3, 0.4) is 0 Å². The highest BCUT2D eigenvalue weighted by Gasteiger charge is 2.12. The number of amides is 1. The Morgan fingerprint density at radius 1 is 1.40 bits per heavy atom. The van der Waals surface area contributed by atoms with Gasteiger partial charge in [0.1, 0.15) is 6.10 Å². The highest BCUT2D eigenvalue weighted by Crippen LogP contribution is 2.29. The molecular weight excluding hydrogens is 296 g/mol. The first-order valence-corrected chi connectivity index (χ1v) is 7.10. The van der Waals surface area contributed by atoms with E-state index >= 15 is 0 Å². The van der Waals surface area contributed by atoms with E-state index in [1.165, 1.54) is 0 Å². The second-order valence-electron chi connectivity index (χ2n) is 4.36. The van der Waals surface area contributed by atoms with Crippen molar-refractivity contribution in [3.05, 3.63) is 35.2 Å². The lowest BCUT2D eigenvalue weighted by atomic mass is 10.2. The van der Waals surface area contributed by atoms with E-state index in [1.807, 2.05) is 30.3 Å². The first-order valence-electron chi connectivity index (χ1n) is 6.28. The third kappa shape index (κ3) is 4.45. The van der Waals surface area contributed by atoms with Gasteiger partial charge in [0.25, 0.3) is 0 Å². The third-order valence-corrected chi connectivity index (χ3v) is 4.08. The van der Waals surface area contributed by atoms with Gasteiger partial charge in [0.05, 0.1) is 0 Å². The molecule has 110 valence electrons. The minimum Gasteiger partial charge on any atom is -0.386 e. The number of nitrogens with one attached hydrogen (secondary N) is 2. The van der Waals surface area contributed by atoms with Crippen molar-refractivity contribution in [1.29, 1.82) is 0 Å².